The SMILES string of the molecule is O=C(CCCCCCO)N[C@H](C(=O)OC(Cc1cccc(O)c1)C(=O)OCc1cccc(C[C@H]2CCCCCOc3cccc(c3)CC(C(=O)OCc3ccccc3)OC(=O)[C@H](C3CCCCC3)NC2=O)c1)C1CCCCC1. The first-order valence-corrected chi connectivity index (χ1v) is 28.6. The summed E-state index contributed by atoms with van der Waals surface area (Å²) in [6.45, 7) is 0.364. The zero-order valence-electron chi connectivity index (χ0n) is 45.1. The van der Waals surface area contributed by atoms with Crippen molar-refractivity contribution in [2.24, 2.45) is 17.8 Å². The van der Waals surface area contributed by atoms with Gasteiger partial charge in [-0.3, -0.25) is 9.59 Å². The van der Waals surface area contributed by atoms with Crippen LogP contribution >= 0.6 is 0 Å². The first-order chi connectivity index (χ1) is 38.0. The van der Waals surface area contributed by atoms with Gasteiger partial charge in [0.1, 0.15) is 36.8 Å². The number of phenols is 1. The molecule has 1 heterocycles. The van der Waals surface area contributed by atoms with Crippen molar-refractivity contribution in [1.82, 2.24) is 10.6 Å². The number of phenolic OH excluding ortho intramolecular Hbond substituents is 1. The first-order valence-electron chi connectivity index (χ1n) is 28.6. The van der Waals surface area contributed by atoms with Crippen molar-refractivity contribution in [3.05, 3.63) is 131 Å². The largest absolute Gasteiger partial charge is 0.508 e. The van der Waals surface area contributed by atoms with Crippen molar-refractivity contribution in [3.8, 4) is 11.5 Å². The molecule has 3 aliphatic rings. The molecule has 2 unspecified atom stereocenters. The lowest BCUT2D eigenvalue weighted by Gasteiger charge is -2.31. The van der Waals surface area contributed by atoms with Crippen LogP contribution in [0.2, 0.25) is 0 Å². The van der Waals surface area contributed by atoms with Crippen LogP contribution in [0.15, 0.2) is 103 Å². The van der Waals surface area contributed by atoms with Gasteiger partial charge in [0.15, 0.2) is 0 Å². The number of benzene rings is 4. The van der Waals surface area contributed by atoms with Gasteiger partial charge in [0.25, 0.3) is 0 Å². The summed E-state index contributed by atoms with van der Waals surface area (Å²) in [6.07, 6.45) is 11.9. The van der Waals surface area contributed by atoms with E-state index in [9.17, 15) is 33.9 Å². The van der Waals surface area contributed by atoms with E-state index in [1.54, 1.807) is 18.2 Å². The zero-order chi connectivity index (χ0) is 54.9. The van der Waals surface area contributed by atoms with Crippen molar-refractivity contribution in [2.75, 3.05) is 13.2 Å². The number of carbonyl (C=O) groups excluding carboxylic acids is 6. The van der Waals surface area contributed by atoms with Gasteiger partial charge in [0.05, 0.1) is 6.61 Å². The topological polar surface area (TPSA) is 213 Å². The Kier molecular flexibility index (Phi) is 23.9. The smallest absolute Gasteiger partial charge is 0.348 e. The highest BCUT2D eigenvalue weighted by Gasteiger charge is 2.38. The summed E-state index contributed by atoms with van der Waals surface area (Å²) in [6, 6.07) is 28.5. The number of fused-ring (bicyclic) bond motifs is 2. The Labute approximate surface area is 459 Å². The molecule has 2 saturated carbocycles. The lowest BCUT2D eigenvalue weighted by Crippen LogP contribution is -2.51. The molecule has 2 fully saturated rings. The average molecular weight is 1070 g/mol. The second-order valence-electron chi connectivity index (χ2n) is 21.4. The van der Waals surface area contributed by atoms with Crippen LogP contribution < -0.4 is 15.4 Å². The highest BCUT2D eigenvalue weighted by Crippen LogP contribution is 2.31. The van der Waals surface area contributed by atoms with Crippen LogP contribution in [0.3, 0.4) is 0 Å². The van der Waals surface area contributed by atoms with E-state index in [0.29, 0.717) is 68.4 Å². The number of aliphatic hydroxyl groups is 1. The van der Waals surface area contributed by atoms with Crippen LogP contribution in [-0.4, -0.2) is 83.4 Å². The van der Waals surface area contributed by atoms with Gasteiger partial charge in [-0.2, -0.15) is 0 Å². The molecule has 15 heteroatoms. The van der Waals surface area contributed by atoms with Gasteiger partial charge in [0, 0.05) is 31.8 Å². The summed E-state index contributed by atoms with van der Waals surface area (Å²) in [7, 11) is 0. The second kappa shape index (κ2) is 31.6. The van der Waals surface area contributed by atoms with Crippen LogP contribution in [0.4, 0.5) is 0 Å². The molecule has 420 valence electrons. The number of esters is 4. The third-order valence-electron chi connectivity index (χ3n) is 15.3. The summed E-state index contributed by atoms with van der Waals surface area (Å²) in [5.41, 5.74) is 3.50. The Hall–Kier alpha value is -6.74. The molecule has 4 aromatic carbocycles. The van der Waals surface area contributed by atoms with Crippen LogP contribution in [0.25, 0.3) is 0 Å². The van der Waals surface area contributed by atoms with Gasteiger partial charge in [-0.15, -0.1) is 0 Å². The fraction of sp³-hybridized carbons (Fsp3) is 0.524. The van der Waals surface area contributed by atoms with Crippen molar-refractivity contribution >= 4 is 35.7 Å². The molecule has 0 saturated heterocycles. The van der Waals surface area contributed by atoms with Gasteiger partial charge in [-0.1, -0.05) is 143 Å². The van der Waals surface area contributed by atoms with E-state index in [-0.39, 0.29) is 68.5 Å². The fourth-order valence-corrected chi connectivity index (χ4v) is 11.0. The molecule has 15 nitrogen and oxygen atoms in total. The van der Waals surface area contributed by atoms with E-state index in [2.05, 4.69) is 10.6 Å². The van der Waals surface area contributed by atoms with Gasteiger partial charge >= 0.3 is 23.9 Å². The minimum atomic E-state index is -1.40. The standard InChI is InChI=1S/C63H80N2O13/c66-34-15-2-1-14-33-56(68)64-57(49-26-9-4-10-27-49)62(72)77-54(40-46-23-18-31-52(67)38-46)61(71)76-43-48-25-17-22-45(36-48)37-51-30-13-6-16-35-74-53-32-19-24-47(39-53)41-55(60(70)75-42-44-20-7-3-8-21-44)78-63(73)58(65-59(51)69)50-28-11-5-12-29-50/h3,7-8,17-25,31-32,36,38-39,49-51,54-55,57-58,66-67H,1-2,4-6,9-16,26-30,33-35,37,40-43H2,(H,64,68)(H,65,69)/t51-,54?,55?,57+,58+/m1/s1. The summed E-state index contributed by atoms with van der Waals surface area (Å²) in [4.78, 5) is 84.5. The highest BCUT2D eigenvalue weighted by molar-refractivity contribution is 5.88. The fourth-order valence-electron chi connectivity index (χ4n) is 11.0. The Balaban J connectivity index is 1.06. The molecule has 2 aliphatic carbocycles. The van der Waals surface area contributed by atoms with Crippen molar-refractivity contribution in [2.45, 2.75) is 179 Å². The molecule has 5 atom stereocenters. The van der Waals surface area contributed by atoms with Crippen LogP contribution in [-0.2, 0) is 80.2 Å². The van der Waals surface area contributed by atoms with Gasteiger partial charge in [-0.05, 0) is 122 Å². The van der Waals surface area contributed by atoms with Crippen LogP contribution in [0.5, 0.6) is 11.5 Å². The molecule has 1 aliphatic heterocycles. The number of carbonyl (C=O) groups is 6. The Morgan fingerprint density at radius 1 is 0.667 bits per heavy atom. The molecule has 0 aromatic heterocycles. The molecule has 78 heavy (non-hydrogen) atoms. The molecular weight excluding hydrogens is 993 g/mol. The number of aromatic hydroxyl groups is 1. The monoisotopic (exact) mass is 1070 g/mol. The predicted molar refractivity (Wildman–Crippen MR) is 293 cm³/mol. The lowest BCUT2D eigenvalue weighted by molar-refractivity contribution is -0.171. The summed E-state index contributed by atoms with van der Waals surface area (Å²) >= 11 is 0. The third-order valence-corrected chi connectivity index (χ3v) is 15.3. The van der Waals surface area contributed by atoms with E-state index >= 15 is 0 Å². The average Bonchev–Trinajstić information content (AvgIpc) is 3.46. The molecular formula is C63H80N2O13. The zero-order valence-corrected chi connectivity index (χ0v) is 45.1. The Bertz CT molecular complexity index is 2540. The quantitative estimate of drug-likeness (QED) is 0.0348. The summed E-state index contributed by atoms with van der Waals surface area (Å²) < 4.78 is 29.9. The van der Waals surface area contributed by atoms with Gasteiger partial charge in [-0.25, -0.2) is 19.2 Å². The molecule has 0 spiro atoms. The van der Waals surface area contributed by atoms with Gasteiger partial charge < -0.3 is 44.5 Å². The third kappa shape index (κ3) is 19.3. The normalized spacial score (nSPS) is 19.8. The molecule has 4 N–H and O–H groups in total. The minimum Gasteiger partial charge on any atom is -0.508 e. The van der Waals surface area contributed by atoms with E-state index < -0.39 is 54.1 Å². The van der Waals surface area contributed by atoms with Crippen molar-refractivity contribution in [1.29, 1.82) is 0 Å². The Morgan fingerprint density at radius 2 is 1.35 bits per heavy atom. The number of hydrogen-bond donors (Lipinski definition) is 4. The molecule has 2 bridgehead atoms. The highest BCUT2D eigenvalue weighted by atomic mass is 16.6. The number of cyclic esters (lactones) is 1. The molecule has 0 radical (unpaired) electrons. The van der Waals surface area contributed by atoms with Crippen molar-refractivity contribution < 1.29 is 62.7 Å². The molecule has 4 aromatic rings. The maximum atomic E-state index is 14.7. The number of aliphatic hydroxyl groups excluding tert-OH is 1. The molecule has 2 amide bonds. The maximum Gasteiger partial charge on any atom is 0.348 e. The number of unbranched alkanes of at least 4 members (excludes halogenated alkanes) is 3. The first kappa shape index (κ1) is 58.9. The lowest BCUT2D eigenvalue weighted by atomic mass is 9.83. The number of hydrogen-bond acceptors (Lipinski definition) is 13. The van der Waals surface area contributed by atoms with E-state index in [1.807, 2.05) is 72.8 Å². The predicted octanol–water partition coefficient (Wildman–Crippen LogP) is 9.67. The summed E-state index contributed by atoms with van der Waals surface area (Å²) in [5, 5.41) is 25.5. The maximum absolute atomic E-state index is 14.7. The number of amides is 2. The van der Waals surface area contributed by atoms with Crippen LogP contribution in [0, 0.1) is 17.8 Å². The van der Waals surface area contributed by atoms with Crippen LogP contribution in [0.1, 0.15) is 150 Å². The van der Waals surface area contributed by atoms with E-state index in [4.69, 9.17) is 28.8 Å². The van der Waals surface area contributed by atoms with Crippen molar-refractivity contribution in [3.63, 3.8) is 0 Å². The van der Waals surface area contributed by atoms with Gasteiger partial charge in [0.2, 0.25) is 24.0 Å². The van der Waals surface area contributed by atoms with E-state index in [0.717, 1.165) is 93.7 Å². The minimum absolute atomic E-state index is 0.00103. The second-order valence-corrected chi connectivity index (χ2v) is 21.4. The number of nitrogens with one attached hydrogen (secondary N) is 2. The number of ether oxygens (including phenoxy) is 5. The molecule has 7 rings (SSSR count). The van der Waals surface area contributed by atoms with E-state index in [1.165, 1.54) is 12.1 Å². The number of rotatable bonds is 21. The summed E-state index contributed by atoms with van der Waals surface area (Å²) in [5.74, 6) is -3.77. The Morgan fingerprint density at radius 3 is 2.13 bits per heavy atom.